The molecule has 6 heterocycles. The van der Waals surface area contributed by atoms with E-state index in [0.717, 1.165) is 36.4 Å². The number of nitrogens with two attached hydrogens (primary N) is 1. The Morgan fingerprint density at radius 3 is 2.76 bits per heavy atom. The van der Waals surface area contributed by atoms with Crippen molar-refractivity contribution in [3.63, 3.8) is 0 Å². The number of hydrogen-bond donors (Lipinski definition) is 4. The Morgan fingerprint density at radius 1 is 1.20 bits per heavy atom. The fraction of sp³-hybridized carbons (Fsp3) is 0.286. The molecule has 0 spiro atoms. The lowest BCUT2D eigenvalue weighted by Gasteiger charge is -2.29. The van der Waals surface area contributed by atoms with Gasteiger partial charge in [-0.2, -0.15) is 0 Å². The smallest absolute Gasteiger partial charge is 0.341 e. The van der Waals surface area contributed by atoms with Crippen LogP contribution >= 0.6 is 0 Å². The number of likely N-dealkylation sites (tertiary alicyclic amines) is 1. The van der Waals surface area contributed by atoms with E-state index in [2.05, 4.69) is 37.1 Å². The number of carboxylic acids is 1. The van der Waals surface area contributed by atoms with Crippen LogP contribution in [-0.2, 0) is 0 Å². The highest BCUT2D eigenvalue weighted by molar-refractivity contribution is 6.18. The summed E-state index contributed by atoms with van der Waals surface area (Å²) in [7, 11) is 3.69. The molecule has 0 radical (unpaired) electrons. The lowest BCUT2D eigenvalue weighted by molar-refractivity contribution is 0.0695. The van der Waals surface area contributed by atoms with E-state index in [1.165, 1.54) is 12.3 Å². The van der Waals surface area contributed by atoms with Gasteiger partial charge in [0.05, 0.1) is 33.1 Å². The lowest BCUT2D eigenvalue weighted by Crippen LogP contribution is -2.35. The van der Waals surface area contributed by atoms with Crippen molar-refractivity contribution in [3.05, 3.63) is 58.1 Å². The number of benzene rings is 1. The van der Waals surface area contributed by atoms with Crippen molar-refractivity contribution in [2.45, 2.75) is 12.5 Å². The Balaban J connectivity index is 1.57. The molecule has 5 N–H and O–H groups in total. The summed E-state index contributed by atoms with van der Waals surface area (Å²) in [6.45, 7) is 2.42. The zero-order valence-corrected chi connectivity index (χ0v) is 22.2. The summed E-state index contributed by atoms with van der Waals surface area (Å²) in [6.07, 6.45) is 5.10. The molecule has 11 nitrogen and oxygen atoms in total. The highest BCUT2D eigenvalue weighted by Gasteiger charge is 2.42. The molecular formula is C28H26F2N8O3. The van der Waals surface area contributed by atoms with Crippen LogP contribution in [0, 0.1) is 17.6 Å². The van der Waals surface area contributed by atoms with Crippen molar-refractivity contribution in [3.8, 4) is 11.1 Å². The van der Waals surface area contributed by atoms with Crippen LogP contribution in [0.5, 0.6) is 0 Å². The molecule has 0 amide bonds. The minimum Gasteiger partial charge on any atom is -0.477 e. The molecule has 2 saturated heterocycles. The number of nitrogens with one attached hydrogen (secondary N) is 2. The number of likely N-dealkylation sites (N-methyl/N-ethyl adjacent to an activating group) is 1. The first-order valence-electron chi connectivity index (χ1n) is 13.2. The number of aromatic nitrogens is 4. The highest BCUT2D eigenvalue weighted by atomic mass is 19.2. The van der Waals surface area contributed by atoms with E-state index >= 15 is 4.39 Å². The Bertz CT molecular complexity index is 1990. The summed E-state index contributed by atoms with van der Waals surface area (Å²) in [4.78, 5) is 41.5. The molecule has 4 aromatic heterocycles. The average Bonchev–Trinajstić information content (AvgIpc) is 3.64. The number of H-pyrrole nitrogens is 1. The van der Waals surface area contributed by atoms with Crippen molar-refractivity contribution in [1.29, 1.82) is 0 Å². The number of halogens is 2. The van der Waals surface area contributed by atoms with Crippen LogP contribution in [0.4, 0.5) is 20.2 Å². The second-order valence-electron chi connectivity index (χ2n) is 10.8. The van der Waals surface area contributed by atoms with Crippen LogP contribution in [-0.4, -0.2) is 75.4 Å². The minimum atomic E-state index is -1.41. The number of pyridine rings is 3. The summed E-state index contributed by atoms with van der Waals surface area (Å²) in [6, 6.07) is 2.77. The van der Waals surface area contributed by atoms with Gasteiger partial charge in [-0.3, -0.25) is 9.47 Å². The quantitative estimate of drug-likeness (QED) is 0.244. The number of aromatic amines is 1. The van der Waals surface area contributed by atoms with Crippen molar-refractivity contribution in [2.75, 3.05) is 49.8 Å². The van der Waals surface area contributed by atoms with Gasteiger partial charge in [0.25, 0.3) is 0 Å². The maximum Gasteiger partial charge on any atom is 0.341 e. The summed E-state index contributed by atoms with van der Waals surface area (Å²) >= 11 is 0. The van der Waals surface area contributed by atoms with Gasteiger partial charge in [0.1, 0.15) is 11.2 Å². The van der Waals surface area contributed by atoms with E-state index in [1.54, 1.807) is 13.2 Å². The number of anilines is 2. The SMILES string of the molecule is CNc1cc(F)c(F)c2c1[nH]c1ncc(-c3cnc4c(c3)c(=O)c(C(=O)O)cn4N)c(N3CC[C@H]4CN(C)C[C@H]43)c12. The first kappa shape index (κ1) is 25.2. The number of carbonyl (C=O) groups is 1. The minimum absolute atomic E-state index is 0.0180. The molecule has 210 valence electrons. The van der Waals surface area contributed by atoms with E-state index in [4.69, 9.17) is 5.84 Å². The second-order valence-corrected chi connectivity index (χ2v) is 10.8. The summed E-state index contributed by atoms with van der Waals surface area (Å²) in [5.74, 6) is 2.99. The van der Waals surface area contributed by atoms with Crippen molar-refractivity contribution >= 4 is 50.3 Å². The van der Waals surface area contributed by atoms with Gasteiger partial charge < -0.3 is 31.0 Å². The monoisotopic (exact) mass is 560 g/mol. The van der Waals surface area contributed by atoms with Crippen molar-refractivity contribution < 1.29 is 18.7 Å². The third kappa shape index (κ3) is 3.58. The number of carboxylic acid groups (broad SMARTS) is 1. The molecule has 2 aliphatic heterocycles. The predicted molar refractivity (Wildman–Crippen MR) is 152 cm³/mol. The van der Waals surface area contributed by atoms with E-state index in [9.17, 15) is 19.1 Å². The van der Waals surface area contributed by atoms with Gasteiger partial charge >= 0.3 is 5.97 Å². The number of nitrogens with zero attached hydrogens (tertiary/aromatic N) is 5. The summed E-state index contributed by atoms with van der Waals surface area (Å²) in [5, 5.41) is 13.0. The first-order valence-corrected chi connectivity index (χ1v) is 13.2. The Hall–Kier alpha value is -4.78. The Labute approximate surface area is 231 Å². The van der Waals surface area contributed by atoms with E-state index in [1.807, 2.05) is 0 Å². The van der Waals surface area contributed by atoms with Crippen LogP contribution in [0.1, 0.15) is 16.8 Å². The van der Waals surface area contributed by atoms with E-state index < -0.39 is 28.6 Å². The molecule has 0 bridgehead atoms. The van der Waals surface area contributed by atoms with Gasteiger partial charge in [-0.25, -0.2) is 23.5 Å². The van der Waals surface area contributed by atoms with E-state index in [0.29, 0.717) is 51.5 Å². The molecule has 0 aliphatic carbocycles. The summed E-state index contributed by atoms with van der Waals surface area (Å²) in [5.41, 5.74) is 1.74. The third-order valence-corrected chi connectivity index (χ3v) is 8.46. The Kier molecular flexibility index (Phi) is 5.45. The van der Waals surface area contributed by atoms with Crippen LogP contribution in [0.3, 0.4) is 0 Å². The highest BCUT2D eigenvalue weighted by Crippen LogP contribution is 2.46. The van der Waals surface area contributed by atoms with Gasteiger partial charge in [-0.05, 0) is 25.5 Å². The number of fused-ring (bicyclic) bond motifs is 5. The Morgan fingerprint density at radius 2 is 2.00 bits per heavy atom. The third-order valence-electron chi connectivity index (χ3n) is 8.46. The average molecular weight is 561 g/mol. The number of rotatable bonds is 4. The standard InChI is InChI=1S/C28H26F2N8O3/c1-32-18-6-17(29)22(30)20-21-24(37-4-3-12-9-36(2)11-19(12)37)15(8-33-26(21)35-23(18)20)13-5-14-25(39)16(28(40)41)10-38(31)27(14)34-7-13/h5-8,10,12,19,32H,3-4,9,11,31H2,1-2H3,(H,33,35)(H,40,41)/t12-,19+/m0/s1. The molecule has 0 saturated carbocycles. The molecule has 2 aliphatic rings. The predicted octanol–water partition coefficient (Wildman–Crippen LogP) is 2.97. The molecule has 5 aromatic rings. The number of nitrogen functional groups attached to an aromatic ring is 1. The lowest BCUT2D eigenvalue weighted by atomic mass is 9.99. The number of hydrogen-bond acceptors (Lipinski definition) is 8. The molecular weight excluding hydrogens is 534 g/mol. The molecule has 2 fully saturated rings. The molecule has 13 heteroatoms. The van der Waals surface area contributed by atoms with E-state index in [-0.39, 0.29) is 22.5 Å². The zero-order valence-electron chi connectivity index (χ0n) is 22.2. The normalized spacial score (nSPS) is 19.1. The zero-order chi connectivity index (χ0) is 28.7. The number of aromatic carboxylic acids is 1. The molecule has 1 aromatic carbocycles. The maximum atomic E-state index is 15.6. The molecule has 41 heavy (non-hydrogen) atoms. The topological polar surface area (TPSA) is 145 Å². The first-order chi connectivity index (χ1) is 19.7. The van der Waals surface area contributed by atoms with Gasteiger partial charge in [0.2, 0.25) is 5.43 Å². The largest absolute Gasteiger partial charge is 0.477 e. The van der Waals surface area contributed by atoms with Gasteiger partial charge in [-0.15, -0.1) is 0 Å². The molecule has 2 atom stereocenters. The van der Waals surface area contributed by atoms with Crippen LogP contribution in [0.25, 0.3) is 44.1 Å². The van der Waals surface area contributed by atoms with Crippen LogP contribution in [0.15, 0.2) is 35.5 Å². The van der Waals surface area contributed by atoms with Gasteiger partial charge in [-0.1, -0.05) is 0 Å². The summed E-state index contributed by atoms with van der Waals surface area (Å²) < 4.78 is 31.5. The fourth-order valence-corrected chi connectivity index (χ4v) is 6.63. The molecule has 7 rings (SSSR count). The second kappa shape index (κ2) is 8.86. The van der Waals surface area contributed by atoms with Crippen LogP contribution < -0.4 is 21.5 Å². The van der Waals surface area contributed by atoms with Crippen LogP contribution in [0.2, 0.25) is 0 Å². The fourth-order valence-electron chi connectivity index (χ4n) is 6.63. The van der Waals surface area contributed by atoms with Gasteiger partial charge in [0.15, 0.2) is 17.3 Å². The van der Waals surface area contributed by atoms with Crippen molar-refractivity contribution in [1.82, 2.24) is 24.5 Å². The van der Waals surface area contributed by atoms with Crippen molar-refractivity contribution in [2.24, 2.45) is 5.92 Å². The molecule has 0 unspecified atom stereocenters. The maximum absolute atomic E-state index is 15.6. The van der Waals surface area contributed by atoms with Gasteiger partial charge in [0, 0.05) is 68.5 Å².